The van der Waals surface area contributed by atoms with Gasteiger partial charge in [0.25, 0.3) is 0 Å². The molecular weight excluding hydrogens is 457 g/mol. The predicted octanol–water partition coefficient (Wildman–Crippen LogP) is 3.44. The lowest BCUT2D eigenvalue weighted by molar-refractivity contribution is 0.379. The molecule has 0 radical (unpaired) electrons. The van der Waals surface area contributed by atoms with Crippen LogP contribution in [0.1, 0.15) is 18.4 Å². The van der Waals surface area contributed by atoms with Crippen LogP contribution in [-0.4, -0.2) is 43.1 Å². The molecule has 11 heteroatoms. The van der Waals surface area contributed by atoms with Crippen molar-refractivity contribution in [3.63, 3.8) is 0 Å². The van der Waals surface area contributed by atoms with Crippen LogP contribution in [-0.2, 0) is 16.4 Å². The molecule has 1 aromatic heterocycles. The molecule has 1 aliphatic carbocycles. The molecule has 1 saturated carbocycles. The van der Waals surface area contributed by atoms with Crippen molar-refractivity contribution in [3.05, 3.63) is 58.9 Å². The molecule has 0 saturated heterocycles. The highest BCUT2D eigenvalue weighted by Crippen LogP contribution is 2.30. The van der Waals surface area contributed by atoms with Gasteiger partial charge < -0.3 is 10.1 Å². The summed E-state index contributed by atoms with van der Waals surface area (Å²) >= 11 is 6.17. The Hall–Kier alpha value is -2.82. The first-order chi connectivity index (χ1) is 15.3. The fourth-order valence-electron chi connectivity index (χ4n) is 2.96. The van der Waals surface area contributed by atoms with Crippen LogP contribution in [0, 0.1) is 5.82 Å². The first-order valence-corrected chi connectivity index (χ1v) is 11.8. The molecule has 0 bridgehead atoms. The first kappa shape index (κ1) is 22.4. The van der Waals surface area contributed by atoms with Crippen LogP contribution in [0.3, 0.4) is 0 Å². The largest absolute Gasteiger partial charge is 0.467 e. The van der Waals surface area contributed by atoms with Gasteiger partial charge in [-0.25, -0.2) is 17.5 Å². The molecule has 0 amide bonds. The lowest BCUT2D eigenvalue weighted by Crippen LogP contribution is -2.26. The van der Waals surface area contributed by atoms with E-state index in [2.05, 4.69) is 25.0 Å². The van der Waals surface area contributed by atoms with E-state index >= 15 is 0 Å². The molecule has 8 nitrogen and oxygen atoms in total. The Morgan fingerprint density at radius 1 is 1.12 bits per heavy atom. The molecule has 168 valence electrons. The van der Waals surface area contributed by atoms with Crippen molar-refractivity contribution in [1.82, 2.24) is 19.7 Å². The minimum absolute atomic E-state index is 0.0336. The van der Waals surface area contributed by atoms with Crippen molar-refractivity contribution in [3.8, 4) is 17.4 Å². The highest BCUT2D eigenvalue weighted by molar-refractivity contribution is 7.89. The number of nitrogens with zero attached hydrogens (tertiary/aromatic N) is 3. The summed E-state index contributed by atoms with van der Waals surface area (Å²) in [6, 6.07) is 10.8. The summed E-state index contributed by atoms with van der Waals surface area (Å²) in [6.45, 7) is 0.490. The van der Waals surface area contributed by atoms with E-state index in [4.69, 9.17) is 16.3 Å². The van der Waals surface area contributed by atoms with Gasteiger partial charge in [-0.05, 0) is 55.2 Å². The van der Waals surface area contributed by atoms with Crippen LogP contribution >= 0.6 is 11.6 Å². The molecule has 1 aliphatic rings. The maximum atomic E-state index is 13.0. The number of benzene rings is 2. The molecule has 0 aliphatic heterocycles. The smallest absolute Gasteiger partial charge is 0.321 e. The van der Waals surface area contributed by atoms with Gasteiger partial charge in [-0.2, -0.15) is 15.0 Å². The molecular formula is C21H21ClFN5O3S. The van der Waals surface area contributed by atoms with E-state index < -0.39 is 10.0 Å². The first-order valence-electron chi connectivity index (χ1n) is 9.95. The zero-order valence-electron chi connectivity index (χ0n) is 17.2. The van der Waals surface area contributed by atoms with E-state index in [9.17, 15) is 12.8 Å². The Bertz CT molecular complexity index is 1220. The summed E-state index contributed by atoms with van der Waals surface area (Å²) in [5.41, 5.74) is 1.41. The van der Waals surface area contributed by atoms with Gasteiger partial charge in [-0.3, -0.25) is 0 Å². The minimum Gasteiger partial charge on any atom is -0.467 e. The van der Waals surface area contributed by atoms with Crippen LogP contribution in [0.15, 0.2) is 47.4 Å². The number of anilines is 1. The van der Waals surface area contributed by atoms with Gasteiger partial charge in [0.1, 0.15) is 10.7 Å². The van der Waals surface area contributed by atoms with Gasteiger partial charge in [0.15, 0.2) is 5.82 Å². The van der Waals surface area contributed by atoms with Gasteiger partial charge in [0, 0.05) is 18.2 Å². The third kappa shape index (κ3) is 5.50. The van der Waals surface area contributed by atoms with Crippen LogP contribution in [0.5, 0.6) is 6.01 Å². The SMILES string of the molecule is COc1nc(NCCc2ccc(F)cc2)nc(-c2ccc(Cl)c(S(=O)(=O)NC3CC3)c2)n1. The standard InChI is InChI=1S/C21H21ClFN5O3S/c1-31-21-26-19(25-20(27-21)24-11-10-13-2-5-15(23)6-3-13)14-4-9-17(22)18(12-14)32(29,30)28-16-7-8-16/h2-6,9,12,16,28H,7-8,10-11H2,1H3,(H,24,25,26,27). The van der Waals surface area contributed by atoms with E-state index in [1.54, 1.807) is 18.2 Å². The summed E-state index contributed by atoms with van der Waals surface area (Å²) < 4.78 is 46.2. The zero-order chi connectivity index (χ0) is 22.7. The minimum atomic E-state index is -3.76. The van der Waals surface area contributed by atoms with E-state index in [1.165, 1.54) is 31.4 Å². The predicted molar refractivity (Wildman–Crippen MR) is 119 cm³/mol. The molecule has 1 heterocycles. The van der Waals surface area contributed by atoms with Crippen LogP contribution in [0.4, 0.5) is 10.3 Å². The Kier molecular flexibility index (Phi) is 6.54. The lowest BCUT2D eigenvalue weighted by Gasteiger charge is -2.11. The van der Waals surface area contributed by atoms with Crippen molar-refractivity contribution in [2.24, 2.45) is 0 Å². The third-order valence-corrected chi connectivity index (χ3v) is 6.79. The van der Waals surface area contributed by atoms with Crippen molar-refractivity contribution in [2.45, 2.75) is 30.2 Å². The summed E-state index contributed by atoms with van der Waals surface area (Å²) in [5.74, 6) is 0.218. The number of aromatic nitrogens is 3. The monoisotopic (exact) mass is 477 g/mol. The number of halogens is 2. The Labute approximate surface area is 190 Å². The number of hydrogen-bond donors (Lipinski definition) is 2. The fourth-order valence-corrected chi connectivity index (χ4v) is 4.79. The average molecular weight is 478 g/mol. The maximum Gasteiger partial charge on any atom is 0.321 e. The van der Waals surface area contributed by atoms with Crippen molar-refractivity contribution >= 4 is 27.6 Å². The highest BCUT2D eigenvalue weighted by atomic mass is 35.5. The molecule has 3 aromatic rings. The summed E-state index contributed by atoms with van der Waals surface area (Å²) in [6.07, 6.45) is 2.25. The van der Waals surface area contributed by atoms with Crippen molar-refractivity contribution in [1.29, 1.82) is 0 Å². The van der Waals surface area contributed by atoms with Crippen LogP contribution in [0.25, 0.3) is 11.4 Å². The van der Waals surface area contributed by atoms with Crippen LogP contribution < -0.4 is 14.8 Å². The number of methoxy groups -OCH3 is 1. The lowest BCUT2D eigenvalue weighted by atomic mass is 10.1. The van der Waals surface area contributed by atoms with Gasteiger partial charge in [0.05, 0.1) is 12.1 Å². The Morgan fingerprint density at radius 3 is 2.56 bits per heavy atom. The second-order valence-corrected chi connectivity index (χ2v) is 9.40. The molecule has 0 unspecified atom stereocenters. The molecule has 0 spiro atoms. The maximum absolute atomic E-state index is 13.0. The van der Waals surface area contributed by atoms with Gasteiger partial charge in [-0.15, -0.1) is 0 Å². The number of rotatable bonds is 9. The van der Waals surface area contributed by atoms with Crippen molar-refractivity contribution < 1.29 is 17.5 Å². The van der Waals surface area contributed by atoms with Gasteiger partial charge in [0.2, 0.25) is 16.0 Å². The third-order valence-electron chi connectivity index (χ3n) is 4.79. The summed E-state index contributed by atoms with van der Waals surface area (Å²) in [4.78, 5) is 12.8. The second kappa shape index (κ2) is 9.35. The Morgan fingerprint density at radius 2 is 1.88 bits per heavy atom. The van der Waals surface area contributed by atoms with E-state index in [1.807, 2.05) is 0 Å². The average Bonchev–Trinajstić information content (AvgIpc) is 3.58. The van der Waals surface area contributed by atoms with Gasteiger partial charge in [-0.1, -0.05) is 23.7 Å². The topological polar surface area (TPSA) is 106 Å². The zero-order valence-corrected chi connectivity index (χ0v) is 18.8. The van der Waals surface area contributed by atoms with E-state index in [0.717, 1.165) is 18.4 Å². The van der Waals surface area contributed by atoms with E-state index in [-0.39, 0.29) is 39.6 Å². The van der Waals surface area contributed by atoms with Crippen LogP contribution in [0.2, 0.25) is 5.02 Å². The molecule has 2 N–H and O–H groups in total. The summed E-state index contributed by atoms with van der Waals surface area (Å²) in [5, 5.41) is 3.20. The molecule has 1 fully saturated rings. The molecule has 4 rings (SSSR count). The Balaban J connectivity index is 1.56. The quantitative estimate of drug-likeness (QED) is 0.486. The molecule has 0 atom stereocenters. The van der Waals surface area contributed by atoms with E-state index in [0.29, 0.717) is 18.5 Å². The molecule has 2 aromatic carbocycles. The fraction of sp³-hybridized carbons (Fsp3) is 0.286. The number of sulfonamides is 1. The highest BCUT2D eigenvalue weighted by Gasteiger charge is 2.29. The number of ether oxygens (including phenoxy) is 1. The van der Waals surface area contributed by atoms with Crippen molar-refractivity contribution in [2.75, 3.05) is 19.0 Å². The molecule has 32 heavy (non-hydrogen) atoms. The number of nitrogens with one attached hydrogen (secondary N) is 2. The second-order valence-electron chi connectivity index (χ2n) is 7.31. The van der Waals surface area contributed by atoms with Gasteiger partial charge >= 0.3 is 6.01 Å². The number of hydrogen-bond acceptors (Lipinski definition) is 7. The summed E-state index contributed by atoms with van der Waals surface area (Å²) in [7, 11) is -2.33. The normalized spacial score (nSPS) is 13.7.